The second-order valence-corrected chi connectivity index (χ2v) is 5.98. The summed E-state index contributed by atoms with van der Waals surface area (Å²) in [6, 6.07) is 8.73. The number of piperazine rings is 1. The van der Waals surface area contributed by atoms with Crippen molar-refractivity contribution in [3.05, 3.63) is 35.9 Å². The molecule has 106 valence electrons. The minimum Gasteiger partial charge on any atom is -0.342 e. The minimum atomic E-state index is -0.501. The van der Waals surface area contributed by atoms with Gasteiger partial charge in [-0.2, -0.15) is 0 Å². The van der Waals surface area contributed by atoms with Crippen LogP contribution < -0.4 is 5.32 Å². The Labute approximate surface area is 119 Å². The SMILES string of the molecule is CC(C)N1C(=O)C(C2CC2)NC(=O)C1c1ccccc1. The molecule has 1 saturated carbocycles. The van der Waals surface area contributed by atoms with Crippen LogP contribution >= 0.6 is 0 Å². The van der Waals surface area contributed by atoms with Crippen LogP contribution in [0.15, 0.2) is 30.3 Å². The lowest BCUT2D eigenvalue weighted by atomic mass is 9.96. The van der Waals surface area contributed by atoms with Crippen molar-refractivity contribution in [1.29, 1.82) is 0 Å². The van der Waals surface area contributed by atoms with Gasteiger partial charge in [0.25, 0.3) is 0 Å². The number of benzene rings is 1. The molecule has 4 heteroatoms. The third kappa shape index (κ3) is 2.19. The monoisotopic (exact) mass is 272 g/mol. The van der Waals surface area contributed by atoms with Crippen molar-refractivity contribution in [3.8, 4) is 0 Å². The number of carbonyl (C=O) groups is 2. The number of nitrogens with one attached hydrogen (secondary N) is 1. The molecule has 2 amide bonds. The molecule has 1 aromatic rings. The van der Waals surface area contributed by atoms with Crippen molar-refractivity contribution in [2.24, 2.45) is 5.92 Å². The van der Waals surface area contributed by atoms with Crippen molar-refractivity contribution in [2.75, 3.05) is 0 Å². The molecule has 4 nitrogen and oxygen atoms in total. The van der Waals surface area contributed by atoms with Crippen LogP contribution in [0.5, 0.6) is 0 Å². The van der Waals surface area contributed by atoms with Gasteiger partial charge in [-0.15, -0.1) is 0 Å². The average Bonchev–Trinajstić information content (AvgIpc) is 3.25. The van der Waals surface area contributed by atoms with Gasteiger partial charge in [0.2, 0.25) is 11.8 Å². The lowest BCUT2D eigenvalue weighted by Crippen LogP contribution is -2.61. The zero-order valence-electron chi connectivity index (χ0n) is 11.9. The molecular formula is C16H20N2O2. The van der Waals surface area contributed by atoms with Gasteiger partial charge in [-0.25, -0.2) is 0 Å². The Kier molecular flexibility index (Phi) is 3.24. The van der Waals surface area contributed by atoms with Crippen LogP contribution in [-0.4, -0.2) is 28.8 Å². The molecule has 2 atom stereocenters. The molecule has 0 radical (unpaired) electrons. The third-order valence-corrected chi connectivity index (χ3v) is 4.11. The fourth-order valence-corrected chi connectivity index (χ4v) is 2.96. The first-order valence-corrected chi connectivity index (χ1v) is 7.27. The molecule has 3 rings (SSSR count). The standard InChI is InChI=1S/C16H20N2O2/c1-10(2)18-14(12-6-4-3-5-7-12)15(19)17-13(16(18)20)11-8-9-11/h3-7,10-11,13-14H,8-9H2,1-2H3,(H,17,19). The predicted octanol–water partition coefficient (Wildman–Crippen LogP) is 1.87. The van der Waals surface area contributed by atoms with Gasteiger partial charge in [0.1, 0.15) is 12.1 Å². The molecule has 1 saturated heterocycles. The van der Waals surface area contributed by atoms with Gasteiger partial charge in [-0.1, -0.05) is 30.3 Å². The second-order valence-electron chi connectivity index (χ2n) is 5.98. The lowest BCUT2D eigenvalue weighted by molar-refractivity contribution is -0.152. The van der Waals surface area contributed by atoms with Gasteiger partial charge in [-0.05, 0) is 38.2 Å². The highest BCUT2D eigenvalue weighted by molar-refractivity contribution is 5.98. The summed E-state index contributed by atoms with van der Waals surface area (Å²) in [6.45, 7) is 3.94. The van der Waals surface area contributed by atoms with Crippen molar-refractivity contribution in [3.63, 3.8) is 0 Å². The van der Waals surface area contributed by atoms with Crippen molar-refractivity contribution in [1.82, 2.24) is 10.2 Å². The number of nitrogens with zero attached hydrogens (tertiary/aromatic N) is 1. The first-order chi connectivity index (χ1) is 9.59. The van der Waals surface area contributed by atoms with Crippen molar-refractivity contribution in [2.45, 2.75) is 44.8 Å². The molecule has 0 aromatic heterocycles. The zero-order valence-corrected chi connectivity index (χ0v) is 11.9. The van der Waals surface area contributed by atoms with Crippen LogP contribution in [0.25, 0.3) is 0 Å². The quantitative estimate of drug-likeness (QED) is 0.913. The maximum Gasteiger partial charge on any atom is 0.248 e. The van der Waals surface area contributed by atoms with E-state index in [-0.39, 0.29) is 23.9 Å². The molecule has 2 fully saturated rings. The number of hydrogen-bond acceptors (Lipinski definition) is 2. The Morgan fingerprint density at radius 2 is 1.80 bits per heavy atom. The van der Waals surface area contributed by atoms with E-state index < -0.39 is 6.04 Å². The molecule has 1 aliphatic carbocycles. The Bertz CT molecular complexity index is 523. The number of carbonyl (C=O) groups excluding carboxylic acids is 2. The third-order valence-electron chi connectivity index (χ3n) is 4.11. The average molecular weight is 272 g/mol. The van der Waals surface area contributed by atoms with Crippen LogP contribution in [-0.2, 0) is 9.59 Å². The largest absolute Gasteiger partial charge is 0.342 e. The summed E-state index contributed by atoms with van der Waals surface area (Å²) < 4.78 is 0. The van der Waals surface area contributed by atoms with E-state index in [1.807, 2.05) is 44.2 Å². The lowest BCUT2D eigenvalue weighted by Gasteiger charge is -2.41. The van der Waals surface area contributed by atoms with Gasteiger partial charge < -0.3 is 10.2 Å². The molecule has 1 aliphatic heterocycles. The summed E-state index contributed by atoms with van der Waals surface area (Å²) in [5.41, 5.74) is 0.876. The van der Waals surface area contributed by atoms with E-state index >= 15 is 0 Å². The van der Waals surface area contributed by atoms with E-state index in [2.05, 4.69) is 5.32 Å². The second kappa shape index (κ2) is 4.93. The van der Waals surface area contributed by atoms with E-state index in [1.54, 1.807) is 4.90 Å². The molecule has 1 heterocycles. The highest BCUT2D eigenvalue weighted by Gasteiger charge is 2.47. The summed E-state index contributed by atoms with van der Waals surface area (Å²) in [5.74, 6) is 0.349. The molecular weight excluding hydrogens is 252 g/mol. The Morgan fingerprint density at radius 1 is 1.15 bits per heavy atom. The molecule has 1 N–H and O–H groups in total. The maximum atomic E-state index is 12.7. The molecule has 20 heavy (non-hydrogen) atoms. The zero-order chi connectivity index (χ0) is 14.3. The Balaban J connectivity index is 1.95. The van der Waals surface area contributed by atoms with E-state index in [0.29, 0.717) is 5.92 Å². The number of rotatable bonds is 3. The van der Waals surface area contributed by atoms with E-state index in [9.17, 15) is 9.59 Å². The van der Waals surface area contributed by atoms with E-state index in [0.717, 1.165) is 18.4 Å². The summed E-state index contributed by atoms with van der Waals surface area (Å²) in [7, 11) is 0. The maximum absolute atomic E-state index is 12.7. The molecule has 1 aromatic carbocycles. The van der Waals surface area contributed by atoms with E-state index in [1.165, 1.54) is 0 Å². The molecule has 0 bridgehead atoms. The topological polar surface area (TPSA) is 49.4 Å². The molecule has 2 unspecified atom stereocenters. The van der Waals surface area contributed by atoms with Gasteiger partial charge in [-0.3, -0.25) is 9.59 Å². The minimum absolute atomic E-state index is 0.0139. The van der Waals surface area contributed by atoms with Crippen LogP contribution in [0.3, 0.4) is 0 Å². The number of amides is 2. The predicted molar refractivity (Wildman–Crippen MR) is 75.8 cm³/mol. The van der Waals surface area contributed by atoms with Crippen molar-refractivity contribution < 1.29 is 9.59 Å². The fraction of sp³-hybridized carbons (Fsp3) is 0.500. The highest BCUT2D eigenvalue weighted by Crippen LogP contribution is 2.38. The van der Waals surface area contributed by atoms with Gasteiger partial charge >= 0.3 is 0 Å². The number of hydrogen-bond donors (Lipinski definition) is 1. The van der Waals surface area contributed by atoms with Gasteiger partial charge in [0, 0.05) is 6.04 Å². The summed E-state index contributed by atoms with van der Waals surface area (Å²) in [5, 5.41) is 2.93. The first kappa shape index (κ1) is 13.2. The van der Waals surface area contributed by atoms with Crippen LogP contribution in [0.2, 0.25) is 0 Å². The Morgan fingerprint density at radius 3 is 2.35 bits per heavy atom. The summed E-state index contributed by atoms with van der Waals surface area (Å²) >= 11 is 0. The van der Waals surface area contributed by atoms with Gasteiger partial charge in [0.15, 0.2) is 0 Å². The van der Waals surface area contributed by atoms with Gasteiger partial charge in [0.05, 0.1) is 0 Å². The van der Waals surface area contributed by atoms with Crippen LogP contribution in [0, 0.1) is 5.92 Å². The first-order valence-electron chi connectivity index (χ1n) is 7.27. The summed E-state index contributed by atoms with van der Waals surface area (Å²) in [6.07, 6.45) is 2.08. The van der Waals surface area contributed by atoms with Crippen LogP contribution in [0.4, 0.5) is 0 Å². The van der Waals surface area contributed by atoms with Crippen molar-refractivity contribution >= 4 is 11.8 Å². The van der Waals surface area contributed by atoms with E-state index in [4.69, 9.17) is 0 Å². The Hall–Kier alpha value is -1.84. The van der Waals surface area contributed by atoms with Crippen LogP contribution in [0.1, 0.15) is 38.3 Å². The molecule has 0 spiro atoms. The smallest absolute Gasteiger partial charge is 0.248 e. The highest BCUT2D eigenvalue weighted by atomic mass is 16.2. The fourth-order valence-electron chi connectivity index (χ4n) is 2.96. The summed E-state index contributed by atoms with van der Waals surface area (Å²) in [4.78, 5) is 26.9. The molecule has 2 aliphatic rings. The normalized spacial score (nSPS) is 26.9.